The second-order valence-electron chi connectivity index (χ2n) is 3.92. The Kier molecular flexibility index (Phi) is 4.69. The molecule has 2 atom stereocenters. The van der Waals surface area contributed by atoms with Gasteiger partial charge in [-0.2, -0.15) is 0 Å². The Morgan fingerprint density at radius 3 is 2.67 bits per heavy atom. The van der Waals surface area contributed by atoms with Crippen molar-refractivity contribution in [2.75, 3.05) is 6.54 Å². The smallest absolute Gasteiger partial charge is 0.133 e. The van der Waals surface area contributed by atoms with Gasteiger partial charge in [0.25, 0.3) is 0 Å². The maximum absolute atomic E-state index is 4.50. The van der Waals surface area contributed by atoms with Crippen LogP contribution in [0.1, 0.15) is 44.6 Å². The molecule has 0 aliphatic carbocycles. The molecule has 0 bridgehead atoms. The van der Waals surface area contributed by atoms with E-state index >= 15 is 0 Å². The molecule has 3 heteroatoms. The minimum absolute atomic E-state index is 0.407. The van der Waals surface area contributed by atoms with E-state index in [1.54, 1.807) is 0 Å². The van der Waals surface area contributed by atoms with Crippen LogP contribution in [-0.4, -0.2) is 22.6 Å². The van der Waals surface area contributed by atoms with Gasteiger partial charge in [0, 0.05) is 23.9 Å². The number of hydrogen-bond donors (Lipinski definition) is 1. The Labute approximate surface area is 92.3 Å². The first-order chi connectivity index (χ1) is 7.19. The number of aryl methyl sites for hydroxylation is 1. The van der Waals surface area contributed by atoms with Gasteiger partial charge in [-0.1, -0.05) is 13.8 Å². The summed E-state index contributed by atoms with van der Waals surface area (Å²) in [7, 11) is 0. The summed E-state index contributed by atoms with van der Waals surface area (Å²) in [6.45, 7) is 9.51. The van der Waals surface area contributed by atoms with Gasteiger partial charge in [0.1, 0.15) is 5.82 Å². The summed E-state index contributed by atoms with van der Waals surface area (Å²) in [5, 5.41) is 3.43. The average molecular weight is 207 g/mol. The number of hydrogen-bond acceptors (Lipinski definition) is 3. The van der Waals surface area contributed by atoms with Crippen LogP contribution in [0.25, 0.3) is 0 Å². The molecule has 0 aliphatic heterocycles. The van der Waals surface area contributed by atoms with E-state index in [1.807, 2.05) is 19.2 Å². The van der Waals surface area contributed by atoms with E-state index in [2.05, 4.69) is 36.1 Å². The average Bonchev–Trinajstić information content (AvgIpc) is 2.19. The molecule has 0 aliphatic rings. The molecule has 0 aromatic carbocycles. The van der Waals surface area contributed by atoms with Gasteiger partial charge >= 0.3 is 0 Å². The summed E-state index contributed by atoms with van der Waals surface area (Å²) in [6.07, 6.45) is 2.91. The second-order valence-corrected chi connectivity index (χ2v) is 3.92. The summed E-state index contributed by atoms with van der Waals surface area (Å²) >= 11 is 0. The molecule has 1 aromatic heterocycles. The van der Waals surface area contributed by atoms with Gasteiger partial charge in [0.2, 0.25) is 0 Å². The van der Waals surface area contributed by atoms with E-state index < -0.39 is 0 Å². The van der Waals surface area contributed by atoms with Crippen molar-refractivity contribution in [2.45, 2.75) is 46.1 Å². The predicted molar refractivity (Wildman–Crippen MR) is 62.9 cm³/mol. The topological polar surface area (TPSA) is 37.8 Å². The maximum Gasteiger partial charge on any atom is 0.133 e. The molecule has 0 fully saturated rings. The van der Waals surface area contributed by atoms with Gasteiger partial charge < -0.3 is 5.32 Å². The normalized spacial score (nSPS) is 14.9. The van der Waals surface area contributed by atoms with Crippen LogP contribution in [-0.2, 0) is 0 Å². The summed E-state index contributed by atoms with van der Waals surface area (Å²) < 4.78 is 0. The van der Waals surface area contributed by atoms with Crippen LogP contribution >= 0.6 is 0 Å². The number of nitrogens with one attached hydrogen (secondary N) is 1. The first-order valence-corrected chi connectivity index (χ1v) is 5.72. The fraction of sp³-hybridized carbons (Fsp3) is 0.667. The number of nitrogens with zero attached hydrogens (tertiary/aromatic N) is 2. The van der Waals surface area contributed by atoms with Crippen molar-refractivity contribution in [1.82, 2.24) is 15.3 Å². The van der Waals surface area contributed by atoms with Crippen LogP contribution in [0.2, 0.25) is 0 Å². The lowest BCUT2D eigenvalue weighted by atomic mass is 9.97. The lowest BCUT2D eigenvalue weighted by molar-refractivity contribution is 0.443. The number of rotatable bonds is 5. The Balaban J connectivity index is 2.82. The summed E-state index contributed by atoms with van der Waals surface area (Å²) in [5.41, 5.74) is 1.04. The van der Waals surface area contributed by atoms with Gasteiger partial charge in [-0.3, -0.25) is 0 Å². The minimum Gasteiger partial charge on any atom is -0.314 e. The molecule has 1 aromatic rings. The van der Waals surface area contributed by atoms with Crippen LogP contribution in [0.5, 0.6) is 0 Å². The standard InChI is InChI=1S/C12H21N3/c1-5-11(10(4)13-6-2)12-14-8-7-9(3)15-12/h7-8,10-11,13H,5-6H2,1-4H3. The highest BCUT2D eigenvalue weighted by atomic mass is 14.9. The van der Waals surface area contributed by atoms with Gasteiger partial charge in [-0.05, 0) is 32.9 Å². The third kappa shape index (κ3) is 3.27. The van der Waals surface area contributed by atoms with Crippen LogP contribution in [0.4, 0.5) is 0 Å². The highest BCUT2D eigenvalue weighted by Gasteiger charge is 2.19. The first-order valence-electron chi connectivity index (χ1n) is 5.72. The minimum atomic E-state index is 0.407. The predicted octanol–water partition coefficient (Wildman–Crippen LogP) is 2.28. The molecule has 2 unspecified atom stereocenters. The molecule has 1 N–H and O–H groups in total. The van der Waals surface area contributed by atoms with Gasteiger partial charge in [0.05, 0.1) is 0 Å². The van der Waals surface area contributed by atoms with Crippen molar-refractivity contribution in [3.63, 3.8) is 0 Å². The van der Waals surface area contributed by atoms with E-state index in [1.165, 1.54) is 0 Å². The Morgan fingerprint density at radius 1 is 1.40 bits per heavy atom. The van der Waals surface area contributed by atoms with Crippen LogP contribution in [0, 0.1) is 6.92 Å². The molecule has 3 nitrogen and oxygen atoms in total. The summed E-state index contributed by atoms with van der Waals surface area (Å²) in [6, 6.07) is 2.37. The number of likely N-dealkylation sites (N-methyl/N-ethyl adjacent to an activating group) is 1. The van der Waals surface area contributed by atoms with Crippen LogP contribution in [0.15, 0.2) is 12.3 Å². The molecule has 15 heavy (non-hydrogen) atoms. The van der Waals surface area contributed by atoms with Crippen molar-refractivity contribution in [3.05, 3.63) is 23.8 Å². The Hall–Kier alpha value is -0.960. The SMILES string of the molecule is CCNC(C)C(CC)c1nccc(C)n1. The first kappa shape index (κ1) is 12.1. The molecular formula is C12H21N3. The van der Waals surface area contributed by atoms with Gasteiger partial charge in [-0.25, -0.2) is 9.97 Å². The highest BCUT2D eigenvalue weighted by Crippen LogP contribution is 2.19. The summed E-state index contributed by atoms with van der Waals surface area (Å²) in [4.78, 5) is 8.86. The van der Waals surface area contributed by atoms with E-state index in [9.17, 15) is 0 Å². The Bertz CT molecular complexity index is 299. The molecule has 1 rings (SSSR count). The third-order valence-electron chi connectivity index (χ3n) is 2.71. The van der Waals surface area contributed by atoms with E-state index in [-0.39, 0.29) is 0 Å². The van der Waals surface area contributed by atoms with Crippen molar-refractivity contribution in [3.8, 4) is 0 Å². The van der Waals surface area contributed by atoms with Crippen LogP contribution in [0.3, 0.4) is 0 Å². The van der Waals surface area contributed by atoms with Crippen molar-refractivity contribution >= 4 is 0 Å². The number of aromatic nitrogens is 2. The van der Waals surface area contributed by atoms with E-state index in [4.69, 9.17) is 0 Å². The van der Waals surface area contributed by atoms with E-state index in [0.29, 0.717) is 12.0 Å². The summed E-state index contributed by atoms with van der Waals surface area (Å²) in [5.74, 6) is 1.37. The van der Waals surface area contributed by atoms with Crippen LogP contribution < -0.4 is 5.32 Å². The second kappa shape index (κ2) is 5.81. The molecule has 0 saturated carbocycles. The molecule has 1 heterocycles. The van der Waals surface area contributed by atoms with E-state index in [0.717, 1.165) is 24.5 Å². The fourth-order valence-electron chi connectivity index (χ4n) is 1.87. The molecular weight excluding hydrogens is 186 g/mol. The quantitative estimate of drug-likeness (QED) is 0.805. The molecule has 0 amide bonds. The lowest BCUT2D eigenvalue weighted by Crippen LogP contribution is -2.32. The lowest BCUT2D eigenvalue weighted by Gasteiger charge is -2.22. The monoisotopic (exact) mass is 207 g/mol. The Morgan fingerprint density at radius 2 is 2.13 bits per heavy atom. The van der Waals surface area contributed by atoms with Gasteiger partial charge in [0.15, 0.2) is 0 Å². The molecule has 0 saturated heterocycles. The largest absolute Gasteiger partial charge is 0.314 e. The zero-order valence-electron chi connectivity index (χ0n) is 10.1. The molecule has 84 valence electrons. The third-order valence-corrected chi connectivity index (χ3v) is 2.71. The van der Waals surface area contributed by atoms with Crippen molar-refractivity contribution in [2.24, 2.45) is 0 Å². The maximum atomic E-state index is 4.50. The van der Waals surface area contributed by atoms with Crippen molar-refractivity contribution in [1.29, 1.82) is 0 Å². The zero-order valence-corrected chi connectivity index (χ0v) is 10.1. The molecule has 0 radical (unpaired) electrons. The highest BCUT2D eigenvalue weighted by molar-refractivity contribution is 5.06. The molecule has 0 spiro atoms. The van der Waals surface area contributed by atoms with Crippen molar-refractivity contribution < 1.29 is 0 Å². The fourth-order valence-corrected chi connectivity index (χ4v) is 1.87. The zero-order chi connectivity index (χ0) is 11.3. The van der Waals surface area contributed by atoms with Gasteiger partial charge in [-0.15, -0.1) is 0 Å².